The SMILES string of the molecule is COc1ccc2nc(N3C(=O)C(=O)C(=C(O)c4ccc(Cl)cc4)C3c3ccc(F)cc3)sc2c1. The summed E-state index contributed by atoms with van der Waals surface area (Å²) in [6.45, 7) is 0. The van der Waals surface area contributed by atoms with Crippen LogP contribution in [0.2, 0.25) is 5.02 Å². The van der Waals surface area contributed by atoms with Crippen LogP contribution in [0.3, 0.4) is 0 Å². The van der Waals surface area contributed by atoms with E-state index in [0.29, 0.717) is 27.4 Å². The second-order valence-electron chi connectivity index (χ2n) is 7.56. The van der Waals surface area contributed by atoms with Crippen LogP contribution in [-0.2, 0) is 9.59 Å². The van der Waals surface area contributed by atoms with E-state index in [2.05, 4.69) is 4.98 Å². The van der Waals surface area contributed by atoms with Gasteiger partial charge in [0.25, 0.3) is 5.78 Å². The molecule has 0 saturated carbocycles. The highest BCUT2D eigenvalue weighted by atomic mass is 35.5. The summed E-state index contributed by atoms with van der Waals surface area (Å²) >= 11 is 7.16. The minimum atomic E-state index is -1.00. The molecule has 1 fully saturated rings. The number of benzene rings is 3. The molecule has 0 aliphatic carbocycles. The summed E-state index contributed by atoms with van der Waals surface area (Å²) in [5.41, 5.74) is 1.28. The topological polar surface area (TPSA) is 79.7 Å². The number of carbonyl (C=O) groups is 2. The van der Waals surface area contributed by atoms with Crippen molar-refractivity contribution >= 4 is 55.7 Å². The van der Waals surface area contributed by atoms with Crippen molar-refractivity contribution in [3.63, 3.8) is 0 Å². The van der Waals surface area contributed by atoms with Crippen LogP contribution in [0.5, 0.6) is 5.75 Å². The van der Waals surface area contributed by atoms with Gasteiger partial charge in [-0.25, -0.2) is 9.37 Å². The number of aliphatic hydroxyl groups is 1. The number of rotatable bonds is 4. The fourth-order valence-electron chi connectivity index (χ4n) is 3.88. The number of hydrogen-bond acceptors (Lipinski definition) is 6. The van der Waals surface area contributed by atoms with E-state index in [0.717, 1.165) is 4.70 Å². The molecule has 1 atom stereocenters. The van der Waals surface area contributed by atoms with Crippen molar-refractivity contribution in [1.29, 1.82) is 0 Å². The monoisotopic (exact) mass is 494 g/mol. The molecule has 1 unspecified atom stereocenters. The molecule has 170 valence electrons. The Balaban J connectivity index is 1.71. The van der Waals surface area contributed by atoms with Crippen molar-refractivity contribution in [3.05, 3.63) is 94.3 Å². The zero-order chi connectivity index (χ0) is 24.0. The summed E-state index contributed by atoms with van der Waals surface area (Å²) in [7, 11) is 1.55. The number of halogens is 2. The van der Waals surface area contributed by atoms with E-state index in [1.807, 2.05) is 0 Å². The first-order valence-corrected chi connectivity index (χ1v) is 11.3. The third-order valence-corrected chi connectivity index (χ3v) is 6.81. The van der Waals surface area contributed by atoms with Crippen molar-refractivity contribution in [2.75, 3.05) is 12.0 Å². The van der Waals surface area contributed by atoms with Gasteiger partial charge in [0.15, 0.2) is 5.13 Å². The normalized spacial score (nSPS) is 17.5. The van der Waals surface area contributed by atoms with Gasteiger partial charge in [0.2, 0.25) is 0 Å². The highest BCUT2D eigenvalue weighted by Gasteiger charge is 2.48. The second-order valence-corrected chi connectivity index (χ2v) is 9.00. The zero-order valence-electron chi connectivity index (χ0n) is 17.7. The van der Waals surface area contributed by atoms with Gasteiger partial charge in [-0.1, -0.05) is 35.1 Å². The summed E-state index contributed by atoms with van der Waals surface area (Å²) in [5.74, 6) is -1.89. The Morgan fingerprint density at radius 2 is 1.79 bits per heavy atom. The van der Waals surface area contributed by atoms with Gasteiger partial charge in [-0.3, -0.25) is 14.5 Å². The average molecular weight is 495 g/mol. The van der Waals surface area contributed by atoms with Crippen molar-refractivity contribution in [2.45, 2.75) is 6.04 Å². The molecule has 3 aromatic carbocycles. The van der Waals surface area contributed by atoms with Gasteiger partial charge in [-0.05, 0) is 60.2 Å². The molecule has 1 aromatic heterocycles. The van der Waals surface area contributed by atoms with Crippen molar-refractivity contribution in [1.82, 2.24) is 4.98 Å². The summed E-state index contributed by atoms with van der Waals surface area (Å²) in [5, 5.41) is 11.8. The molecule has 0 bridgehead atoms. The highest BCUT2D eigenvalue weighted by Crippen LogP contribution is 2.44. The van der Waals surface area contributed by atoms with E-state index in [1.165, 1.54) is 40.5 Å². The van der Waals surface area contributed by atoms with Crippen LogP contribution in [0.4, 0.5) is 9.52 Å². The number of aromatic nitrogens is 1. The number of thiazole rings is 1. The number of ether oxygens (including phenoxy) is 1. The van der Waals surface area contributed by atoms with E-state index < -0.39 is 23.5 Å². The molecule has 1 amide bonds. The van der Waals surface area contributed by atoms with E-state index in [1.54, 1.807) is 49.6 Å². The Morgan fingerprint density at radius 3 is 2.47 bits per heavy atom. The van der Waals surface area contributed by atoms with E-state index >= 15 is 0 Å². The fraction of sp³-hybridized carbons (Fsp3) is 0.0800. The molecule has 0 radical (unpaired) electrons. The lowest BCUT2D eigenvalue weighted by molar-refractivity contribution is -0.132. The van der Waals surface area contributed by atoms with E-state index in [9.17, 15) is 19.1 Å². The maximum Gasteiger partial charge on any atom is 0.301 e. The lowest BCUT2D eigenvalue weighted by Crippen LogP contribution is -2.29. The lowest BCUT2D eigenvalue weighted by atomic mass is 9.95. The molecule has 1 aliphatic rings. The van der Waals surface area contributed by atoms with Crippen molar-refractivity contribution < 1.29 is 23.8 Å². The van der Waals surface area contributed by atoms with Crippen LogP contribution < -0.4 is 9.64 Å². The largest absolute Gasteiger partial charge is 0.507 e. The summed E-state index contributed by atoms with van der Waals surface area (Å²) in [6.07, 6.45) is 0. The Hall–Kier alpha value is -3.75. The molecular weight excluding hydrogens is 479 g/mol. The number of aliphatic hydroxyl groups excluding tert-OH is 1. The average Bonchev–Trinajstić information content (AvgIpc) is 3.37. The predicted molar refractivity (Wildman–Crippen MR) is 129 cm³/mol. The smallest absolute Gasteiger partial charge is 0.301 e. The van der Waals surface area contributed by atoms with Gasteiger partial charge in [-0.15, -0.1) is 0 Å². The molecule has 4 aromatic rings. The zero-order valence-corrected chi connectivity index (χ0v) is 19.2. The third kappa shape index (κ3) is 3.70. The van der Waals surface area contributed by atoms with Crippen molar-refractivity contribution in [3.8, 4) is 5.75 Å². The van der Waals surface area contributed by atoms with Gasteiger partial charge in [0, 0.05) is 10.6 Å². The molecule has 5 rings (SSSR count). The van der Waals surface area contributed by atoms with Gasteiger partial charge >= 0.3 is 5.91 Å². The standard InChI is InChI=1S/C25H16ClFN2O4S/c1-33-17-10-11-18-19(12-17)34-25(28-18)29-21(13-4-8-16(27)9-5-13)20(23(31)24(29)32)22(30)14-2-6-15(26)7-3-14/h2-12,21,30H,1H3. The van der Waals surface area contributed by atoms with Crippen LogP contribution in [0, 0.1) is 5.82 Å². The number of amides is 1. The first-order chi connectivity index (χ1) is 16.4. The number of ketones is 1. The van der Waals surface area contributed by atoms with Crippen LogP contribution in [0.1, 0.15) is 17.2 Å². The predicted octanol–water partition coefficient (Wildman–Crippen LogP) is 5.72. The molecule has 2 heterocycles. The number of methoxy groups -OCH3 is 1. The first kappa shape index (κ1) is 22.1. The quantitative estimate of drug-likeness (QED) is 0.223. The number of hydrogen-bond donors (Lipinski definition) is 1. The number of Topliss-reactive ketones (excluding diaryl/α,β-unsaturated/α-hetero) is 1. The van der Waals surface area contributed by atoms with Crippen LogP contribution >= 0.6 is 22.9 Å². The van der Waals surface area contributed by atoms with Crippen LogP contribution in [0.25, 0.3) is 16.0 Å². The summed E-state index contributed by atoms with van der Waals surface area (Å²) < 4.78 is 19.7. The maximum absolute atomic E-state index is 13.7. The maximum atomic E-state index is 13.7. The minimum Gasteiger partial charge on any atom is -0.507 e. The number of nitrogens with zero attached hydrogens (tertiary/aromatic N) is 2. The van der Waals surface area contributed by atoms with Gasteiger partial charge in [-0.2, -0.15) is 0 Å². The molecule has 34 heavy (non-hydrogen) atoms. The van der Waals surface area contributed by atoms with E-state index in [4.69, 9.17) is 16.3 Å². The number of anilines is 1. The molecular formula is C25H16ClFN2O4S. The third-order valence-electron chi connectivity index (χ3n) is 5.54. The molecule has 1 N–H and O–H groups in total. The molecule has 1 saturated heterocycles. The Morgan fingerprint density at radius 1 is 1.09 bits per heavy atom. The number of carbonyl (C=O) groups excluding carboxylic acids is 2. The van der Waals surface area contributed by atoms with E-state index in [-0.39, 0.29) is 16.5 Å². The van der Waals surface area contributed by atoms with Crippen LogP contribution in [-0.4, -0.2) is 28.9 Å². The van der Waals surface area contributed by atoms with Crippen molar-refractivity contribution in [2.24, 2.45) is 0 Å². The Bertz CT molecular complexity index is 1460. The molecule has 1 aliphatic heterocycles. The second kappa shape index (κ2) is 8.55. The first-order valence-electron chi connectivity index (χ1n) is 10.1. The summed E-state index contributed by atoms with van der Waals surface area (Å²) in [4.78, 5) is 32.2. The lowest BCUT2D eigenvalue weighted by Gasteiger charge is -2.23. The molecule has 9 heteroatoms. The minimum absolute atomic E-state index is 0.115. The fourth-order valence-corrected chi connectivity index (χ4v) is 5.02. The molecule has 6 nitrogen and oxygen atoms in total. The molecule has 0 spiro atoms. The summed E-state index contributed by atoms with van der Waals surface area (Å²) in [6, 6.07) is 16.0. The van der Waals surface area contributed by atoms with Gasteiger partial charge < -0.3 is 9.84 Å². The van der Waals surface area contributed by atoms with Crippen LogP contribution in [0.15, 0.2) is 72.3 Å². The van der Waals surface area contributed by atoms with Gasteiger partial charge in [0.05, 0.1) is 28.9 Å². The van der Waals surface area contributed by atoms with Gasteiger partial charge in [0.1, 0.15) is 17.3 Å². The Kier molecular flexibility index (Phi) is 5.55. The highest BCUT2D eigenvalue weighted by molar-refractivity contribution is 7.22. The number of fused-ring (bicyclic) bond motifs is 1. The Labute approximate surface area is 202 Å².